The summed E-state index contributed by atoms with van der Waals surface area (Å²) in [5, 5.41) is 2.92. The van der Waals surface area contributed by atoms with Gasteiger partial charge in [-0.05, 0) is 43.2 Å². The second-order valence-electron chi connectivity index (χ2n) is 6.60. The Labute approximate surface area is 172 Å². The van der Waals surface area contributed by atoms with Gasteiger partial charge in [-0.3, -0.25) is 14.4 Å². The smallest absolute Gasteiger partial charge is 0.260 e. The molecule has 1 N–H and O–H groups in total. The molecule has 1 saturated heterocycles. The van der Waals surface area contributed by atoms with Crippen molar-refractivity contribution in [2.75, 3.05) is 25.0 Å². The molecule has 1 aliphatic heterocycles. The predicted octanol–water partition coefficient (Wildman–Crippen LogP) is 3.52. The Morgan fingerprint density at radius 1 is 1.14 bits per heavy atom. The number of hydrogen-bond donors (Lipinski definition) is 1. The third-order valence-electron chi connectivity index (χ3n) is 4.71. The van der Waals surface area contributed by atoms with Gasteiger partial charge in [-0.15, -0.1) is 0 Å². The van der Waals surface area contributed by atoms with Gasteiger partial charge in [0.25, 0.3) is 5.91 Å². The van der Waals surface area contributed by atoms with Crippen molar-refractivity contribution in [3.63, 3.8) is 0 Å². The first-order valence-electron chi connectivity index (χ1n) is 9.08. The lowest BCUT2D eigenvalue weighted by Crippen LogP contribution is -2.43. The fraction of sp³-hybridized carbons (Fsp3) is 0.286. The standard InChI is InChI=1S/C21H21BrN2O4/c22-17-6-7-19(16(12-17)13-25)28-14-20(26)24-10-8-15(9-11-24)21(27)23-18-4-2-1-3-5-18/h1-7,12-13,15H,8-11,14H2,(H,23,27). The van der Waals surface area contributed by atoms with Crippen LogP contribution in [0.4, 0.5) is 5.69 Å². The van der Waals surface area contributed by atoms with E-state index in [1.54, 1.807) is 23.1 Å². The highest BCUT2D eigenvalue weighted by Gasteiger charge is 2.27. The molecule has 1 fully saturated rings. The third-order valence-corrected chi connectivity index (χ3v) is 5.20. The predicted molar refractivity (Wildman–Crippen MR) is 109 cm³/mol. The maximum Gasteiger partial charge on any atom is 0.260 e. The molecule has 1 aliphatic rings. The van der Waals surface area contributed by atoms with Gasteiger partial charge in [0, 0.05) is 29.2 Å². The van der Waals surface area contributed by atoms with Crippen LogP contribution >= 0.6 is 15.9 Å². The number of halogens is 1. The second-order valence-corrected chi connectivity index (χ2v) is 7.51. The number of anilines is 1. The van der Waals surface area contributed by atoms with Crippen molar-refractivity contribution in [3.8, 4) is 5.75 Å². The van der Waals surface area contributed by atoms with Gasteiger partial charge in [-0.2, -0.15) is 0 Å². The SMILES string of the molecule is O=Cc1cc(Br)ccc1OCC(=O)N1CCC(C(=O)Nc2ccccc2)CC1. The Morgan fingerprint density at radius 2 is 1.86 bits per heavy atom. The van der Waals surface area contributed by atoms with Gasteiger partial charge in [-0.25, -0.2) is 0 Å². The van der Waals surface area contributed by atoms with Crippen molar-refractivity contribution in [1.82, 2.24) is 4.90 Å². The van der Waals surface area contributed by atoms with Crippen LogP contribution in [0.15, 0.2) is 53.0 Å². The molecule has 2 aromatic carbocycles. The lowest BCUT2D eigenvalue weighted by Gasteiger charge is -2.31. The Balaban J connectivity index is 1.47. The molecule has 0 atom stereocenters. The van der Waals surface area contributed by atoms with Crippen LogP contribution in [0.25, 0.3) is 0 Å². The fourth-order valence-corrected chi connectivity index (χ4v) is 3.51. The lowest BCUT2D eigenvalue weighted by atomic mass is 9.95. The van der Waals surface area contributed by atoms with Gasteiger partial charge in [0.15, 0.2) is 12.9 Å². The van der Waals surface area contributed by atoms with Crippen molar-refractivity contribution in [1.29, 1.82) is 0 Å². The van der Waals surface area contributed by atoms with Gasteiger partial charge in [0.2, 0.25) is 5.91 Å². The summed E-state index contributed by atoms with van der Waals surface area (Å²) >= 11 is 3.30. The first-order chi connectivity index (χ1) is 13.6. The molecule has 0 spiro atoms. The highest BCUT2D eigenvalue weighted by molar-refractivity contribution is 9.10. The summed E-state index contributed by atoms with van der Waals surface area (Å²) < 4.78 is 6.30. The quantitative estimate of drug-likeness (QED) is 0.691. The summed E-state index contributed by atoms with van der Waals surface area (Å²) in [5.41, 5.74) is 1.17. The van der Waals surface area contributed by atoms with Crippen molar-refractivity contribution < 1.29 is 19.1 Å². The van der Waals surface area contributed by atoms with E-state index in [0.717, 1.165) is 10.2 Å². The monoisotopic (exact) mass is 444 g/mol. The highest BCUT2D eigenvalue weighted by Crippen LogP contribution is 2.23. The number of carbonyl (C=O) groups is 3. The Morgan fingerprint density at radius 3 is 2.54 bits per heavy atom. The first-order valence-corrected chi connectivity index (χ1v) is 9.87. The highest BCUT2D eigenvalue weighted by atomic mass is 79.9. The molecule has 0 aromatic heterocycles. The fourth-order valence-electron chi connectivity index (χ4n) is 3.13. The number of ether oxygens (including phenoxy) is 1. The van der Waals surface area contributed by atoms with Gasteiger partial charge >= 0.3 is 0 Å². The molecule has 2 aromatic rings. The van der Waals surface area contributed by atoms with Gasteiger partial charge in [0.05, 0.1) is 5.56 Å². The topological polar surface area (TPSA) is 75.7 Å². The minimum Gasteiger partial charge on any atom is -0.483 e. The minimum atomic E-state index is -0.151. The molecule has 1 heterocycles. The maximum absolute atomic E-state index is 12.4. The normalized spacial score (nSPS) is 14.4. The number of piperidine rings is 1. The molecule has 2 amide bonds. The number of likely N-dealkylation sites (tertiary alicyclic amines) is 1. The molecule has 0 radical (unpaired) electrons. The van der Waals surface area contributed by atoms with E-state index in [2.05, 4.69) is 21.2 Å². The molecule has 6 nitrogen and oxygen atoms in total. The van der Waals surface area contributed by atoms with Crippen LogP contribution in [0.5, 0.6) is 5.75 Å². The number of aldehydes is 1. The van der Waals surface area contributed by atoms with E-state index < -0.39 is 0 Å². The number of benzene rings is 2. The van der Waals surface area contributed by atoms with Crippen molar-refractivity contribution in [2.45, 2.75) is 12.8 Å². The summed E-state index contributed by atoms with van der Waals surface area (Å²) in [5.74, 6) is 0.101. The van der Waals surface area contributed by atoms with Crippen molar-refractivity contribution in [3.05, 3.63) is 58.6 Å². The van der Waals surface area contributed by atoms with Crippen LogP contribution in [-0.2, 0) is 9.59 Å². The molecule has 7 heteroatoms. The summed E-state index contributed by atoms with van der Waals surface area (Å²) in [7, 11) is 0. The van der Waals surface area contributed by atoms with Gasteiger partial charge in [-0.1, -0.05) is 34.1 Å². The Kier molecular flexibility index (Phi) is 6.81. The summed E-state index contributed by atoms with van der Waals surface area (Å²) in [4.78, 5) is 37.6. The number of carbonyl (C=O) groups excluding carboxylic acids is 3. The van der Waals surface area contributed by atoms with Crippen LogP contribution < -0.4 is 10.1 Å². The van der Waals surface area contributed by atoms with Crippen LogP contribution in [0.3, 0.4) is 0 Å². The summed E-state index contributed by atoms with van der Waals surface area (Å²) in [6.07, 6.45) is 1.92. The molecule has 3 rings (SSSR count). The second kappa shape index (κ2) is 9.50. The van der Waals surface area contributed by atoms with E-state index in [9.17, 15) is 14.4 Å². The zero-order valence-corrected chi connectivity index (χ0v) is 16.9. The lowest BCUT2D eigenvalue weighted by molar-refractivity contribution is -0.136. The molecule has 0 bridgehead atoms. The maximum atomic E-state index is 12.4. The molecule has 0 aliphatic carbocycles. The van der Waals surface area contributed by atoms with E-state index in [4.69, 9.17) is 4.74 Å². The molecule has 146 valence electrons. The average molecular weight is 445 g/mol. The zero-order valence-electron chi connectivity index (χ0n) is 15.3. The van der Waals surface area contributed by atoms with E-state index >= 15 is 0 Å². The van der Waals surface area contributed by atoms with Crippen LogP contribution in [0.2, 0.25) is 0 Å². The molecule has 0 saturated carbocycles. The van der Waals surface area contributed by atoms with E-state index in [0.29, 0.717) is 43.5 Å². The number of para-hydroxylation sites is 1. The Hall–Kier alpha value is -2.67. The molecule has 0 unspecified atom stereocenters. The molecular weight excluding hydrogens is 424 g/mol. The summed E-state index contributed by atoms with van der Waals surface area (Å²) in [6, 6.07) is 14.4. The Bertz CT molecular complexity index is 849. The third kappa shape index (κ3) is 5.19. The zero-order chi connectivity index (χ0) is 19.9. The first kappa shape index (κ1) is 20.1. The van der Waals surface area contributed by atoms with E-state index in [-0.39, 0.29) is 24.3 Å². The number of nitrogens with zero attached hydrogens (tertiary/aromatic N) is 1. The number of amides is 2. The molecule has 28 heavy (non-hydrogen) atoms. The van der Waals surface area contributed by atoms with Crippen LogP contribution in [-0.4, -0.2) is 42.7 Å². The van der Waals surface area contributed by atoms with Gasteiger partial charge in [0.1, 0.15) is 5.75 Å². The number of nitrogens with one attached hydrogen (secondary N) is 1. The van der Waals surface area contributed by atoms with Crippen molar-refractivity contribution in [2.24, 2.45) is 5.92 Å². The van der Waals surface area contributed by atoms with Gasteiger partial charge < -0.3 is 15.0 Å². The average Bonchev–Trinajstić information content (AvgIpc) is 2.73. The summed E-state index contributed by atoms with van der Waals surface area (Å²) in [6.45, 7) is 0.884. The van der Waals surface area contributed by atoms with E-state index in [1.807, 2.05) is 30.3 Å². The minimum absolute atomic E-state index is 0.0139. The van der Waals surface area contributed by atoms with Crippen LogP contribution in [0, 0.1) is 5.92 Å². The van der Waals surface area contributed by atoms with Crippen molar-refractivity contribution >= 4 is 39.7 Å². The van der Waals surface area contributed by atoms with E-state index in [1.165, 1.54) is 0 Å². The molecular formula is C21H21BrN2O4. The number of hydrogen-bond acceptors (Lipinski definition) is 4. The largest absolute Gasteiger partial charge is 0.483 e. The van der Waals surface area contributed by atoms with Crippen LogP contribution in [0.1, 0.15) is 23.2 Å². The number of rotatable bonds is 6.